The minimum Gasteiger partial charge on any atom is -0.466 e. The summed E-state index contributed by atoms with van der Waals surface area (Å²) in [6.45, 7) is 8.47. The predicted molar refractivity (Wildman–Crippen MR) is 55.0 cm³/mol. The maximum absolute atomic E-state index is 11.5. The molecule has 0 unspecified atom stereocenters. The molecule has 0 aliphatic rings. The van der Waals surface area contributed by atoms with Crippen LogP contribution >= 0.6 is 0 Å². The lowest BCUT2D eigenvalue weighted by molar-refractivity contribution is -0.156. The summed E-state index contributed by atoms with van der Waals surface area (Å²) in [6, 6.07) is 0. The Kier molecular flexibility index (Phi) is 7.92. The molecule has 0 aromatic rings. The Balaban J connectivity index is 0. The van der Waals surface area contributed by atoms with Crippen molar-refractivity contribution < 1.29 is 9.53 Å². The Bertz CT molecular complexity index is 134. The molecule has 3 nitrogen and oxygen atoms in total. The van der Waals surface area contributed by atoms with Gasteiger partial charge in [-0.3, -0.25) is 4.79 Å². The molecule has 80 valence electrons. The Labute approximate surface area is 81.4 Å². The highest BCUT2D eigenvalue weighted by atomic mass is 16.5. The molecule has 3 heteroatoms. The molecule has 0 fully saturated rings. The SMILES string of the molecule is CCOC(=O)C(CC)(CC)CC.N. The quantitative estimate of drug-likeness (QED) is 0.676. The lowest BCUT2D eigenvalue weighted by atomic mass is 9.80. The zero-order chi connectivity index (χ0) is 9.61. The topological polar surface area (TPSA) is 61.3 Å². The van der Waals surface area contributed by atoms with E-state index in [1.165, 1.54) is 0 Å². The van der Waals surface area contributed by atoms with E-state index in [1.54, 1.807) is 0 Å². The molecule has 0 amide bonds. The zero-order valence-corrected chi connectivity index (χ0v) is 9.35. The first-order valence-electron chi connectivity index (χ1n) is 4.84. The van der Waals surface area contributed by atoms with Gasteiger partial charge in [-0.1, -0.05) is 20.8 Å². The summed E-state index contributed by atoms with van der Waals surface area (Å²) in [5.41, 5.74) is -0.226. The lowest BCUT2D eigenvalue weighted by Gasteiger charge is -2.27. The minimum absolute atomic E-state index is 0. The summed E-state index contributed by atoms with van der Waals surface area (Å²) in [7, 11) is 0. The van der Waals surface area contributed by atoms with Crippen LogP contribution in [0.1, 0.15) is 47.0 Å². The van der Waals surface area contributed by atoms with Gasteiger partial charge in [0.25, 0.3) is 0 Å². The fourth-order valence-electron chi connectivity index (χ4n) is 1.47. The van der Waals surface area contributed by atoms with Gasteiger partial charge in [0, 0.05) is 0 Å². The molecular formula is C10H23NO2. The number of hydrogen-bond donors (Lipinski definition) is 1. The smallest absolute Gasteiger partial charge is 0.312 e. The largest absolute Gasteiger partial charge is 0.466 e. The van der Waals surface area contributed by atoms with Gasteiger partial charge in [-0.2, -0.15) is 0 Å². The second-order valence-corrected chi connectivity index (χ2v) is 3.06. The summed E-state index contributed by atoms with van der Waals surface area (Å²) >= 11 is 0. The van der Waals surface area contributed by atoms with Gasteiger partial charge >= 0.3 is 5.97 Å². The van der Waals surface area contributed by atoms with Crippen LogP contribution in [0.25, 0.3) is 0 Å². The second-order valence-electron chi connectivity index (χ2n) is 3.06. The highest BCUT2D eigenvalue weighted by Crippen LogP contribution is 2.31. The Morgan fingerprint density at radius 1 is 1.08 bits per heavy atom. The minimum atomic E-state index is -0.226. The second kappa shape index (κ2) is 6.89. The number of carbonyl (C=O) groups is 1. The van der Waals surface area contributed by atoms with Crippen LogP contribution in [0.5, 0.6) is 0 Å². The highest BCUT2D eigenvalue weighted by molar-refractivity contribution is 5.76. The van der Waals surface area contributed by atoms with Gasteiger partial charge in [0.05, 0.1) is 12.0 Å². The number of rotatable bonds is 5. The summed E-state index contributed by atoms with van der Waals surface area (Å²) < 4.78 is 5.04. The van der Waals surface area contributed by atoms with E-state index in [-0.39, 0.29) is 17.5 Å². The molecule has 0 bridgehead atoms. The predicted octanol–water partition coefficient (Wildman–Crippen LogP) is 2.93. The van der Waals surface area contributed by atoms with Crippen molar-refractivity contribution in [3.05, 3.63) is 0 Å². The van der Waals surface area contributed by atoms with E-state index < -0.39 is 0 Å². The zero-order valence-electron chi connectivity index (χ0n) is 9.35. The van der Waals surface area contributed by atoms with Gasteiger partial charge in [0.1, 0.15) is 0 Å². The third kappa shape index (κ3) is 3.35. The molecule has 0 aromatic carbocycles. The van der Waals surface area contributed by atoms with Crippen molar-refractivity contribution in [1.29, 1.82) is 0 Å². The number of esters is 1. The van der Waals surface area contributed by atoms with Crippen LogP contribution in [0.2, 0.25) is 0 Å². The molecule has 0 saturated carbocycles. The first-order valence-corrected chi connectivity index (χ1v) is 4.84. The van der Waals surface area contributed by atoms with Crippen LogP contribution in [-0.2, 0) is 9.53 Å². The van der Waals surface area contributed by atoms with E-state index in [1.807, 2.05) is 27.7 Å². The molecular weight excluding hydrogens is 166 g/mol. The standard InChI is InChI=1S/C10H20O2.H3N/c1-5-10(6-2,7-3)9(11)12-8-4;/h5-8H2,1-4H3;1H3. The van der Waals surface area contributed by atoms with Crippen molar-refractivity contribution >= 4 is 5.97 Å². The van der Waals surface area contributed by atoms with Crippen molar-refractivity contribution in [2.45, 2.75) is 47.0 Å². The van der Waals surface area contributed by atoms with Gasteiger partial charge in [0.15, 0.2) is 0 Å². The molecule has 13 heavy (non-hydrogen) atoms. The number of ether oxygens (including phenoxy) is 1. The molecule has 0 aromatic heterocycles. The third-order valence-electron chi connectivity index (χ3n) is 2.74. The summed E-state index contributed by atoms with van der Waals surface area (Å²) in [6.07, 6.45) is 2.62. The van der Waals surface area contributed by atoms with Crippen LogP contribution in [0.4, 0.5) is 0 Å². The molecule has 0 spiro atoms. The Morgan fingerprint density at radius 2 is 1.46 bits per heavy atom. The van der Waals surface area contributed by atoms with Crippen molar-refractivity contribution in [2.75, 3.05) is 6.61 Å². The summed E-state index contributed by atoms with van der Waals surface area (Å²) in [5.74, 6) is -0.0301. The molecule has 0 radical (unpaired) electrons. The van der Waals surface area contributed by atoms with E-state index in [2.05, 4.69) is 0 Å². The summed E-state index contributed by atoms with van der Waals surface area (Å²) in [4.78, 5) is 11.5. The number of carbonyl (C=O) groups excluding carboxylic acids is 1. The molecule has 0 aliphatic heterocycles. The molecule has 3 N–H and O–H groups in total. The van der Waals surface area contributed by atoms with Crippen molar-refractivity contribution in [3.8, 4) is 0 Å². The van der Waals surface area contributed by atoms with Gasteiger partial charge in [-0.25, -0.2) is 0 Å². The Morgan fingerprint density at radius 3 is 1.69 bits per heavy atom. The van der Waals surface area contributed by atoms with Crippen molar-refractivity contribution in [1.82, 2.24) is 6.15 Å². The molecule has 0 saturated heterocycles. The van der Waals surface area contributed by atoms with Gasteiger partial charge in [0.2, 0.25) is 0 Å². The van der Waals surface area contributed by atoms with Crippen LogP contribution in [0.15, 0.2) is 0 Å². The average molecular weight is 189 g/mol. The Hall–Kier alpha value is -0.570. The van der Waals surface area contributed by atoms with Crippen LogP contribution in [0, 0.1) is 5.41 Å². The van der Waals surface area contributed by atoms with Gasteiger partial charge in [-0.05, 0) is 26.2 Å². The third-order valence-corrected chi connectivity index (χ3v) is 2.74. The fraction of sp³-hybridized carbons (Fsp3) is 0.900. The maximum atomic E-state index is 11.5. The van der Waals surface area contributed by atoms with Crippen molar-refractivity contribution in [3.63, 3.8) is 0 Å². The molecule has 0 atom stereocenters. The average Bonchev–Trinajstić information content (AvgIpc) is 2.09. The molecule has 0 aliphatic carbocycles. The normalized spacial score (nSPS) is 10.5. The number of hydrogen-bond acceptors (Lipinski definition) is 3. The van der Waals surface area contributed by atoms with E-state index >= 15 is 0 Å². The van der Waals surface area contributed by atoms with E-state index in [9.17, 15) is 4.79 Å². The monoisotopic (exact) mass is 189 g/mol. The van der Waals surface area contributed by atoms with Crippen LogP contribution in [0.3, 0.4) is 0 Å². The van der Waals surface area contributed by atoms with Crippen LogP contribution < -0.4 is 6.15 Å². The van der Waals surface area contributed by atoms with Gasteiger partial charge in [-0.15, -0.1) is 0 Å². The van der Waals surface area contributed by atoms with E-state index in [4.69, 9.17) is 4.74 Å². The highest BCUT2D eigenvalue weighted by Gasteiger charge is 2.33. The fourth-order valence-corrected chi connectivity index (χ4v) is 1.47. The maximum Gasteiger partial charge on any atom is 0.312 e. The first-order chi connectivity index (χ1) is 5.66. The molecule has 0 heterocycles. The van der Waals surface area contributed by atoms with E-state index in [0.29, 0.717) is 6.61 Å². The molecule has 0 rings (SSSR count). The first kappa shape index (κ1) is 14.9. The van der Waals surface area contributed by atoms with E-state index in [0.717, 1.165) is 19.3 Å². The van der Waals surface area contributed by atoms with Crippen LogP contribution in [-0.4, -0.2) is 12.6 Å². The lowest BCUT2D eigenvalue weighted by Crippen LogP contribution is -2.31. The van der Waals surface area contributed by atoms with Gasteiger partial charge < -0.3 is 10.9 Å². The summed E-state index contributed by atoms with van der Waals surface area (Å²) in [5, 5.41) is 0. The van der Waals surface area contributed by atoms with Crippen molar-refractivity contribution in [2.24, 2.45) is 5.41 Å².